The van der Waals surface area contributed by atoms with Crippen molar-refractivity contribution < 1.29 is 4.79 Å². The van der Waals surface area contributed by atoms with Crippen molar-refractivity contribution in [1.29, 1.82) is 5.26 Å². The first-order chi connectivity index (χ1) is 8.33. The predicted molar refractivity (Wildman–Crippen MR) is 65.4 cm³/mol. The molecule has 1 atom stereocenters. The van der Waals surface area contributed by atoms with Crippen LogP contribution in [-0.2, 0) is 0 Å². The van der Waals surface area contributed by atoms with Crippen LogP contribution in [0.5, 0.6) is 0 Å². The average Bonchev–Trinajstić information content (AvgIpc) is 2.90. The smallest absolute Gasteiger partial charge is 0.234 e. The molecule has 1 aromatic heterocycles. The second-order valence-corrected chi connectivity index (χ2v) is 4.80. The largest absolute Gasteiger partial charge is 0.294 e. The Labute approximate surface area is 102 Å². The van der Waals surface area contributed by atoms with Gasteiger partial charge < -0.3 is 0 Å². The fraction of sp³-hybridized carbons (Fsp3) is 0.571. The van der Waals surface area contributed by atoms with Gasteiger partial charge in [-0.2, -0.15) is 5.26 Å². The van der Waals surface area contributed by atoms with Crippen molar-refractivity contribution in [3.8, 4) is 6.07 Å². The molecule has 2 rings (SSSR count). The SMILES string of the molecule is N#CC[C@@H](C(=O)n1cccc1)C1CCCCC1. The van der Waals surface area contributed by atoms with E-state index in [1.54, 1.807) is 17.0 Å². The number of rotatable bonds is 3. The monoisotopic (exact) mass is 230 g/mol. The highest BCUT2D eigenvalue weighted by Crippen LogP contribution is 2.32. The minimum absolute atomic E-state index is 0.0865. The second kappa shape index (κ2) is 5.67. The maximum absolute atomic E-state index is 12.3. The maximum atomic E-state index is 12.3. The van der Waals surface area contributed by atoms with Gasteiger partial charge in [-0.1, -0.05) is 19.3 Å². The molecule has 0 saturated heterocycles. The number of hydrogen-bond donors (Lipinski definition) is 0. The van der Waals surface area contributed by atoms with E-state index in [-0.39, 0.29) is 11.8 Å². The van der Waals surface area contributed by atoms with Crippen LogP contribution in [0.2, 0.25) is 0 Å². The zero-order chi connectivity index (χ0) is 12.1. The summed E-state index contributed by atoms with van der Waals surface area (Å²) in [6, 6.07) is 5.87. The number of carbonyl (C=O) groups excluding carboxylic acids is 1. The van der Waals surface area contributed by atoms with Gasteiger partial charge in [0.15, 0.2) is 0 Å². The molecule has 17 heavy (non-hydrogen) atoms. The van der Waals surface area contributed by atoms with Gasteiger partial charge in [0.2, 0.25) is 5.91 Å². The summed E-state index contributed by atoms with van der Waals surface area (Å²) in [5.74, 6) is 0.370. The second-order valence-electron chi connectivity index (χ2n) is 4.80. The number of aromatic nitrogens is 1. The van der Waals surface area contributed by atoms with Crippen molar-refractivity contribution in [3.63, 3.8) is 0 Å². The third kappa shape index (κ3) is 2.76. The van der Waals surface area contributed by atoms with Crippen LogP contribution in [0.3, 0.4) is 0 Å². The fourth-order valence-electron chi connectivity index (χ4n) is 2.76. The highest BCUT2D eigenvalue weighted by atomic mass is 16.2. The molecule has 3 heteroatoms. The molecule has 0 radical (unpaired) electrons. The molecule has 90 valence electrons. The molecule has 0 N–H and O–H groups in total. The minimum Gasteiger partial charge on any atom is -0.294 e. The quantitative estimate of drug-likeness (QED) is 0.800. The van der Waals surface area contributed by atoms with E-state index in [1.165, 1.54) is 19.3 Å². The van der Waals surface area contributed by atoms with Crippen molar-refractivity contribution >= 4 is 5.91 Å². The van der Waals surface area contributed by atoms with Crippen molar-refractivity contribution in [2.24, 2.45) is 11.8 Å². The molecule has 0 spiro atoms. The van der Waals surface area contributed by atoms with Crippen LogP contribution in [0, 0.1) is 23.2 Å². The van der Waals surface area contributed by atoms with Gasteiger partial charge in [0.25, 0.3) is 0 Å². The van der Waals surface area contributed by atoms with Crippen LogP contribution in [0.25, 0.3) is 0 Å². The topological polar surface area (TPSA) is 45.8 Å². The molecule has 1 saturated carbocycles. The molecule has 1 fully saturated rings. The lowest BCUT2D eigenvalue weighted by atomic mass is 9.78. The molecule has 0 bridgehead atoms. The van der Waals surface area contributed by atoms with E-state index < -0.39 is 0 Å². The first-order valence-corrected chi connectivity index (χ1v) is 6.37. The predicted octanol–water partition coefficient (Wildman–Crippen LogP) is 3.24. The Hall–Kier alpha value is -1.56. The third-order valence-corrected chi connectivity index (χ3v) is 3.71. The van der Waals surface area contributed by atoms with Gasteiger partial charge in [0.1, 0.15) is 0 Å². The zero-order valence-corrected chi connectivity index (χ0v) is 10.0. The van der Waals surface area contributed by atoms with E-state index in [1.807, 2.05) is 12.1 Å². The minimum atomic E-state index is -0.118. The molecule has 3 nitrogen and oxygen atoms in total. The van der Waals surface area contributed by atoms with Crippen LogP contribution in [0.1, 0.15) is 43.3 Å². The van der Waals surface area contributed by atoms with Crippen LogP contribution in [-0.4, -0.2) is 10.5 Å². The van der Waals surface area contributed by atoms with E-state index >= 15 is 0 Å². The van der Waals surface area contributed by atoms with Gasteiger partial charge >= 0.3 is 0 Å². The van der Waals surface area contributed by atoms with E-state index in [0.717, 1.165) is 12.8 Å². The lowest BCUT2D eigenvalue weighted by Gasteiger charge is -2.27. The summed E-state index contributed by atoms with van der Waals surface area (Å²) < 4.78 is 1.62. The number of nitrogens with zero attached hydrogens (tertiary/aromatic N) is 2. The van der Waals surface area contributed by atoms with Crippen molar-refractivity contribution in [2.75, 3.05) is 0 Å². The Balaban J connectivity index is 2.11. The Morgan fingerprint density at radius 1 is 1.29 bits per heavy atom. The Bertz CT molecular complexity index is 396. The van der Waals surface area contributed by atoms with Crippen LogP contribution in [0.4, 0.5) is 0 Å². The molecule has 0 aliphatic heterocycles. The highest BCUT2D eigenvalue weighted by molar-refractivity contribution is 5.81. The van der Waals surface area contributed by atoms with Gasteiger partial charge in [-0.05, 0) is 30.9 Å². The molecular weight excluding hydrogens is 212 g/mol. The standard InChI is InChI=1S/C14H18N2O/c15-9-8-13(12-6-2-1-3-7-12)14(17)16-10-4-5-11-16/h4-5,10-13H,1-3,6-8H2/t13-/m1/s1. The first-order valence-electron chi connectivity index (χ1n) is 6.37. The van der Waals surface area contributed by atoms with Gasteiger partial charge in [-0.15, -0.1) is 0 Å². The Morgan fingerprint density at radius 3 is 2.53 bits per heavy atom. The molecule has 1 aliphatic rings. The molecule has 0 aromatic carbocycles. The maximum Gasteiger partial charge on any atom is 0.234 e. The molecule has 0 amide bonds. The summed E-state index contributed by atoms with van der Waals surface area (Å²) in [5.41, 5.74) is 0. The van der Waals surface area contributed by atoms with Crippen LogP contribution < -0.4 is 0 Å². The number of nitriles is 1. The summed E-state index contributed by atoms with van der Waals surface area (Å²) in [7, 11) is 0. The molecular formula is C14H18N2O. The van der Waals surface area contributed by atoms with E-state index in [2.05, 4.69) is 6.07 Å². The third-order valence-electron chi connectivity index (χ3n) is 3.71. The molecule has 1 aliphatic carbocycles. The summed E-state index contributed by atoms with van der Waals surface area (Å²) in [6.07, 6.45) is 9.76. The first kappa shape index (κ1) is 11.9. The van der Waals surface area contributed by atoms with Crippen molar-refractivity contribution in [1.82, 2.24) is 4.57 Å². The number of carbonyl (C=O) groups is 1. The Morgan fingerprint density at radius 2 is 1.94 bits per heavy atom. The molecule has 1 heterocycles. The van der Waals surface area contributed by atoms with E-state index in [4.69, 9.17) is 5.26 Å². The Kier molecular flexibility index (Phi) is 3.98. The summed E-state index contributed by atoms with van der Waals surface area (Å²) in [6.45, 7) is 0. The zero-order valence-electron chi connectivity index (χ0n) is 10.0. The summed E-state index contributed by atoms with van der Waals surface area (Å²) >= 11 is 0. The van der Waals surface area contributed by atoms with Crippen molar-refractivity contribution in [2.45, 2.75) is 38.5 Å². The molecule has 0 unspecified atom stereocenters. The molecule has 1 aromatic rings. The lowest BCUT2D eigenvalue weighted by molar-refractivity contribution is 0.0760. The fourth-order valence-corrected chi connectivity index (χ4v) is 2.76. The van der Waals surface area contributed by atoms with Gasteiger partial charge in [0.05, 0.1) is 12.0 Å². The van der Waals surface area contributed by atoms with Crippen LogP contribution >= 0.6 is 0 Å². The summed E-state index contributed by atoms with van der Waals surface area (Å²) in [4.78, 5) is 12.3. The average molecular weight is 230 g/mol. The summed E-state index contributed by atoms with van der Waals surface area (Å²) in [5, 5.41) is 8.90. The van der Waals surface area contributed by atoms with Crippen LogP contribution in [0.15, 0.2) is 24.5 Å². The van der Waals surface area contributed by atoms with Gasteiger partial charge in [-0.3, -0.25) is 9.36 Å². The van der Waals surface area contributed by atoms with E-state index in [9.17, 15) is 4.79 Å². The van der Waals surface area contributed by atoms with Gasteiger partial charge in [-0.25, -0.2) is 0 Å². The van der Waals surface area contributed by atoms with Gasteiger partial charge in [0, 0.05) is 18.8 Å². The highest BCUT2D eigenvalue weighted by Gasteiger charge is 2.29. The van der Waals surface area contributed by atoms with E-state index in [0.29, 0.717) is 12.3 Å². The normalized spacial score (nSPS) is 18.5. The lowest BCUT2D eigenvalue weighted by Crippen LogP contribution is -2.29. The number of hydrogen-bond acceptors (Lipinski definition) is 2. The van der Waals surface area contributed by atoms with Crippen molar-refractivity contribution in [3.05, 3.63) is 24.5 Å².